The molecular formula is C29H33N7O2S. The van der Waals surface area contributed by atoms with Crippen LogP contribution in [0.2, 0.25) is 0 Å². The third kappa shape index (κ3) is 6.90. The molecule has 0 fully saturated rings. The smallest absolute Gasteiger partial charge is 0.162 e. The summed E-state index contributed by atoms with van der Waals surface area (Å²) in [7, 11) is -2.91. The first-order chi connectivity index (χ1) is 18.9. The first-order valence-corrected chi connectivity index (χ1v) is 15.1. The summed E-state index contributed by atoms with van der Waals surface area (Å²) >= 11 is 0. The molecule has 5 aromatic rings. The average Bonchev–Trinajstić information content (AvgIpc) is 3.32. The van der Waals surface area contributed by atoms with Crippen LogP contribution in [0, 0.1) is 0 Å². The Morgan fingerprint density at radius 2 is 1.74 bits per heavy atom. The predicted octanol–water partition coefficient (Wildman–Crippen LogP) is 4.10. The number of nitrogen functional groups attached to an aromatic ring is 1. The molecule has 39 heavy (non-hydrogen) atoms. The van der Waals surface area contributed by atoms with Gasteiger partial charge in [0.05, 0.1) is 29.5 Å². The molecule has 0 spiro atoms. The number of hydrogen-bond donors (Lipinski definition) is 3. The van der Waals surface area contributed by atoms with Crippen molar-refractivity contribution in [2.75, 3.05) is 42.7 Å². The van der Waals surface area contributed by atoms with Gasteiger partial charge in [0, 0.05) is 41.4 Å². The summed E-state index contributed by atoms with van der Waals surface area (Å²) in [4.78, 5) is 9.40. The highest BCUT2D eigenvalue weighted by molar-refractivity contribution is 7.90. The Morgan fingerprint density at radius 3 is 2.56 bits per heavy atom. The molecule has 10 heteroatoms. The van der Waals surface area contributed by atoms with Crippen molar-refractivity contribution in [2.24, 2.45) is 0 Å². The van der Waals surface area contributed by atoms with Crippen molar-refractivity contribution in [3.63, 3.8) is 0 Å². The summed E-state index contributed by atoms with van der Waals surface area (Å²) in [5.41, 5.74) is 11.3. The van der Waals surface area contributed by atoms with Gasteiger partial charge in [0.15, 0.2) is 5.82 Å². The monoisotopic (exact) mass is 543 g/mol. The molecule has 0 unspecified atom stereocenters. The first-order valence-electron chi connectivity index (χ1n) is 13.1. The Balaban J connectivity index is 1.22. The highest BCUT2D eigenvalue weighted by Crippen LogP contribution is 2.28. The number of rotatable bonds is 12. The molecule has 2 heterocycles. The van der Waals surface area contributed by atoms with E-state index in [0.29, 0.717) is 24.7 Å². The van der Waals surface area contributed by atoms with E-state index in [2.05, 4.69) is 45.0 Å². The van der Waals surface area contributed by atoms with E-state index in [1.165, 1.54) is 11.8 Å². The quantitative estimate of drug-likeness (QED) is 0.201. The van der Waals surface area contributed by atoms with Crippen molar-refractivity contribution >= 4 is 43.1 Å². The van der Waals surface area contributed by atoms with E-state index >= 15 is 0 Å². The zero-order chi connectivity index (χ0) is 27.2. The fraction of sp³-hybridized carbons (Fsp3) is 0.276. The zero-order valence-corrected chi connectivity index (χ0v) is 22.8. The number of hydrogen-bond acceptors (Lipinski definition) is 8. The average molecular weight is 544 g/mol. The van der Waals surface area contributed by atoms with Crippen molar-refractivity contribution in [2.45, 2.75) is 19.4 Å². The van der Waals surface area contributed by atoms with Crippen molar-refractivity contribution in [3.05, 3.63) is 78.5 Å². The van der Waals surface area contributed by atoms with Gasteiger partial charge in [0.25, 0.3) is 0 Å². The van der Waals surface area contributed by atoms with Crippen LogP contribution in [0.4, 0.5) is 11.5 Å². The van der Waals surface area contributed by atoms with Crippen LogP contribution in [0.5, 0.6) is 0 Å². The van der Waals surface area contributed by atoms with Crippen molar-refractivity contribution in [1.82, 2.24) is 25.1 Å². The molecule has 0 aliphatic heterocycles. The van der Waals surface area contributed by atoms with Gasteiger partial charge in [-0.2, -0.15) is 5.10 Å². The third-order valence-corrected chi connectivity index (χ3v) is 7.51. The standard InChI is InChI=1S/C29H33N7O2S/c1-39(37,38)16-15-31-13-5-6-14-32-24-10-11-26-25(18-24)28(30)35-29(34-26)22-9-12-27-23(17-22)19-33-36(27)20-21-7-3-2-4-8-21/h2-4,7-12,17-19,31-32H,5-6,13-16,20H2,1H3,(H2,30,34,35). The number of anilines is 2. The van der Waals surface area contributed by atoms with E-state index in [1.54, 1.807) is 0 Å². The number of unbranched alkanes of at least 4 members (excludes halogenated alkanes) is 1. The molecule has 0 atom stereocenters. The molecule has 0 bridgehead atoms. The minimum atomic E-state index is -2.91. The maximum atomic E-state index is 11.2. The van der Waals surface area contributed by atoms with Gasteiger partial charge in [-0.3, -0.25) is 4.68 Å². The molecule has 0 saturated heterocycles. The Morgan fingerprint density at radius 1 is 0.923 bits per heavy atom. The maximum absolute atomic E-state index is 11.2. The van der Waals surface area contributed by atoms with Crippen LogP contribution in [0.25, 0.3) is 33.2 Å². The van der Waals surface area contributed by atoms with Crippen LogP contribution < -0.4 is 16.4 Å². The summed E-state index contributed by atoms with van der Waals surface area (Å²) in [6, 6.07) is 22.3. The highest BCUT2D eigenvalue weighted by atomic mass is 32.2. The lowest BCUT2D eigenvalue weighted by molar-refractivity contribution is 0.593. The summed E-state index contributed by atoms with van der Waals surface area (Å²) in [5, 5.41) is 13.0. The number of benzene rings is 3. The number of nitrogens with one attached hydrogen (secondary N) is 2. The maximum Gasteiger partial charge on any atom is 0.162 e. The van der Waals surface area contributed by atoms with Gasteiger partial charge in [-0.05, 0) is 61.3 Å². The largest absolute Gasteiger partial charge is 0.385 e. The number of nitrogens with zero attached hydrogens (tertiary/aromatic N) is 4. The van der Waals surface area contributed by atoms with Crippen LogP contribution in [0.1, 0.15) is 18.4 Å². The molecule has 202 valence electrons. The topological polar surface area (TPSA) is 128 Å². The Hall–Kier alpha value is -4.02. The molecule has 5 rings (SSSR count). The van der Waals surface area contributed by atoms with E-state index in [9.17, 15) is 8.42 Å². The van der Waals surface area contributed by atoms with Crippen LogP contribution in [0.3, 0.4) is 0 Å². The predicted molar refractivity (Wildman–Crippen MR) is 159 cm³/mol. The van der Waals surface area contributed by atoms with E-state index in [-0.39, 0.29) is 5.75 Å². The lowest BCUT2D eigenvalue weighted by atomic mass is 10.1. The summed E-state index contributed by atoms with van der Waals surface area (Å²) in [5.74, 6) is 1.19. The molecule has 0 saturated carbocycles. The van der Waals surface area contributed by atoms with E-state index < -0.39 is 9.84 Å². The molecule has 4 N–H and O–H groups in total. The highest BCUT2D eigenvalue weighted by Gasteiger charge is 2.11. The number of aromatic nitrogens is 4. The fourth-order valence-electron chi connectivity index (χ4n) is 4.49. The molecule has 9 nitrogen and oxygen atoms in total. The zero-order valence-electron chi connectivity index (χ0n) is 22.0. The molecule has 0 amide bonds. The van der Waals surface area contributed by atoms with Gasteiger partial charge in [-0.25, -0.2) is 18.4 Å². The molecule has 2 aromatic heterocycles. The second kappa shape index (κ2) is 11.8. The van der Waals surface area contributed by atoms with Gasteiger partial charge in [0.2, 0.25) is 0 Å². The van der Waals surface area contributed by atoms with E-state index in [0.717, 1.165) is 59.0 Å². The second-order valence-corrected chi connectivity index (χ2v) is 12.0. The third-order valence-electron chi connectivity index (χ3n) is 6.56. The second-order valence-electron chi connectivity index (χ2n) is 9.74. The SMILES string of the molecule is CS(=O)(=O)CCNCCCCNc1ccc2nc(-c3ccc4c(cnn4Cc4ccccc4)c3)nc(N)c2c1. The molecule has 3 aromatic carbocycles. The van der Waals surface area contributed by atoms with Gasteiger partial charge < -0.3 is 16.4 Å². The van der Waals surface area contributed by atoms with Crippen molar-refractivity contribution in [3.8, 4) is 11.4 Å². The molecule has 0 aliphatic rings. The van der Waals surface area contributed by atoms with Gasteiger partial charge in [-0.1, -0.05) is 30.3 Å². The lowest BCUT2D eigenvalue weighted by Crippen LogP contribution is -2.23. The van der Waals surface area contributed by atoms with Gasteiger partial charge >= 0.3 is 0 Å². The number of fused-ring (bicyclic) bond motifs is 2. The van der Waals surface area contributed by atoms with E-state index in [1.807, 2.05) is 53.3 Å². The van der Waals surface area contributed by atoms with Crippen LogP contribution in [-0.2, 0) is 16.4 Å². The molecule has 0 radical (unpaired) electrons. The van der Waals surface area contributed by atoms with Gasteiger partial charge in [0.1, 0.15) is 15.7 Å². The van der Waals surface area contributed by atoms with Gasteiger partial charge in [-0.15, -0.1) is 0 Å². The Kier molecular flexibility index (Phi) is 8.04. The number of nitrogens with two attached hydrogens (primary N) is 1. The first kappa shape index (κ1) is 26.6. The Labute approximate surface area is 228 Å². The molecular weight excluding hydrogens is 510 g/mol. The lowest BCUT2D eigenvalue weighted by Gasteiger charge is -2.10. The van der Waals surface area contributed by atoms with Crippen LogP contribution in [0.15, 0.2) is 72.9 Å². The Bertz CT molecular complexity index is 1680. The van der Waals surface area contributed by atoms with Crippen LogP contribution >= 0.6 is 0 Å². The van der Waals surface area contributed by atoms with Crippen molar-refractivity contribution < 1.29 is 8.42 Å². The summed E-state index contributed by atoms with van der Waals surface area (Å²) < 4.78 is 24.3. The normalized spacial score (nSPS) is 11.8. The van der Waals surface area contributed by atoms with Crippen molar-refractivity contribution in [1.29, 1.82) is 0 Å². The summed E-state index contributed by atoms with van der Waals surface area (Å²) in [6.07, 6.45) is 5.03. The minimum absolute atomic E-state index is 0.168. The van der Waals surface area contributed by atoms with Crippen LogP contribution in [-0.4, -0.2) is 59.8 Å². The van der Waals surface area contributed by atoms with E-state index in [4.69, 9.17) is 10.7 Å². The fourth-order valence-corrected chi connectivity index (χ4v) is 5.01. The summed E-state index contributed by atoms with van der Waals surface area (Å²) in [6.45, 7) is 2.79. The number of sulfone groups is 1. The molecule has 0 aliphatic carbocycles. The minimum Gasteiger partial charge on any atom is -0.385 e.